The predicted molar refractivity (Wildman–Crippen MR) is 96.8 cm³/mol. The first kappa shape index (κ1) is 18.8. The molecule has 0 aliphatic carbocycles. The second kappa shape index (κ2) is 9.08. The molecule has 1 N–H and O–H groups in total. The molecule has 2 rings (SSSR count). The number of rotatable bonds is 7. The molecule has 6 nitrogen and oxygen atoms in total. The van der Waals surface area contributed by atoms with Crippen molar-refractivity contribution in [3.8, 4) is 11.5 Å². The Bertz CT molecular complexity index is 733. The van der Waals surface area contributed by atoms with Crippen molar-refractivity contribution in [3.63, 3.8) is 0 Å². The molecule has 2 aromatic carbocycles. The fourth-order valence-electron chi connectivity index (χ4n) is 1.92. The van der Waals surface area contributed by atoms with Crippen LogP contribution in [0.1, 0.15) is 6.92 Å². The van der Waals surface area contributed by atoms with Crippen molar-refractivity contribution in [3.05, 3.63) is 53.0 Å². The molecule has 0 aliphatic rings. The summed E-state index contributed by atoms with van der Waals surface area (Å²) in [5, 5.41) is 2.62. The van der Waals surface area contributed by atoms with E-state index in [2.05, 4.69) is 21.2 Å². The van der Waals surface area contributed by atoms with Crippen molar-refractivity contribution >= 4 is 33.5 Å². The second-order valence-corrected chi connectivity index (χ2v) is 6.02. The lowest BCUT2D eigenvalue weighted by molar-refractivity contribution is -0.153. The Morgan fingerprint density at radius 1 is 1.12 bits per heavy atom. The molecule has 0 saturated carbocycles. The highest BCUT2D eigenvalue weighted by Gasteiger charge is 2.18. The molecule has 0 bridgehead atoms. The third kappa shape index (κ3) is 6.11. The number of ether oxygens (including phenoxy) is 3. The van der Waals surface area contributed by atoms with Gasteiger partial charge in [0.2, 0.25) is 0 Å². The van der Waals surface area contributed by atoms with Gasteiger partial charge in [0.25, 0.3) is 5.91 Å². The predicted octanol–water partition coefficient (Wildman–Crippen LogP) is 3.41. The monoisotopic (exact) mass is 407 g/mol. The molecule has 0 aromatic heterocycles. The molecular formula is C18H18BrNO5. The maximum atomic E-state index is 11.9. The Morgan fingerprint density at radius 3 is 2.52 bits per heavy atom. The minimum atomic E-state index is -0.828. The second-order valence-electron chi connectivity index (χ2n) is 5.10. The van der Waals surface area contributed by atoms with Gasteiger partial charge in [-0.1, -0.05) is 22.0 Å². The van der Waals surface area contributed by atoms with Crippen LogP contribution in [-0.4, -0.2) is 31.7 Å². The number of hydrogen-bond acceptors (Lipinski definition) is 5. The minimum Gasteiger partial charge on any atom is -0.497 e. The summed E-state index contributed by atoms with van der Waals surface area (Å²) in [7, 11) is 1.54. The molecule has 2 aromatic rings. The van der Waals surface area contributed by atoms with Crippen LogP contribution in [0.5, 0.6) is 11.5 Å². The van der Waals surface area contributed by atoms with Gasteiger partial charge < -0.3 is 19.5 Å². The SMILES string of the molecule is COc1cccc(NC(=O)COC(=O)[C@@H](C)Oc2ccc(Br)cc2)c1. The zero-order chi connectivity index (χ0) is 18.2. The van der Waals surface area contributed by atoms with Gasteiger partial charge >= 0.3 is 5.97 Å². The fraction of sp³-hybridized carbons (Fsp3) is 0.222. The van der Waals surface area contributed by atoms with E-state index in [1.165, 1.54) is 7.11 Å². The van der Waals surface area contributed by atoms with Gasteiger partial charge in [0.1, 0.15) is 11.5 Å². The largest absolute Gasteiger partial charge is 0.497 e. The maximum absolute atomic E-state index is 11.9. The molecule has 25 heavy (non-hydrogen) atoms. The number of benzene rings is 2. The number of carbonyl (C=O) groups is 2. The first-order valence-electron chi connectivity index (χ1n) is 7.50. The van der Waals surface area contributed by atoms with E-state index in [9.17, 15) is 9.59 Å². The van der Waals surface area contributed by atoms with E-state index in [-0.39, 0.29) is 0 Å². The smallest absolute Gasteiger partial charge is 0.347 e. The van der Waals surface area contributed by atoms with E-state index in [0.717, 1.165) is 4.47 Å². The molecule has 7 heteroatoms. The Labute approximate surface area is 154 Å². The van der Waals surface area contributed by atoms with Crippen LogP contribution >= 0.6 is 15.9 Å². The summed E-state index contributed by atoms with van der Waals surface area (Å²) in [5.74, 6) is 0.0842. The number of carbonyl (C=O) groups excluding carboxylic acids is 2. The van der Waals surface area contributed by atoms with Crippen molar-refractivity contribution in [1.82, 2.24) is 0 Å². The highest BCUT2D eigenvalue weighted by Crippen LogP contribution is 2.18. The Kier molecular flexibility index (Phi) is 6.82. The molecule has 0 fully saturated rings. The van der Waals surface area contributed by atoms with Crippen LogP contribution in [0.2, 0.25) is 0 Å². The molecule has 0 spiro atoms. The summed E-state index contributed by atoms with van der Waals surface area (Å²) in [5.41, 5.74) is 0.555. The van der Waals surface area contributed by atoms with Crippen LogP contribution in [-0.2, 0) is 14.3 Å². The van der Waals surface area contributed by atoms with Crippen LogP contribution in [0.25, 0.3) is 0 Å². The van der Waals surface area contributed by atoms with Gasteiger partial charge in [0.05, 0.1) is 7.11 Å². The lowest BCUT2D eigenvalue weighted by Gasteiger charge is -2.14. The van der Waals surface area contributed by atoms with Crippen molar-refractivity contribution in [2.24, 2.45) is 0 Å². The average molecular weight is 408 g/mol. The van der Waals surface area contributed by atoms with Gasteiger partial charge in [-0.2, -0.15) is 0 Å². The van der Waals surface area contributed by atoms with Crippen LogP contribution in [0.3, 0.4) is 0 Å². The maximum Gasteiger partial charge on any atom is 0.347 e. The third-order valence-electron chi connectivity index (χ3n) is 3.16. The average Bonchev–Trinajstić information content (AvgIpc) is 2.61. The lowest BCUT2D eigenvalue weighted by atomic mass is 10.3. The van der Waals surface area contributed by atoms with Crippen LogP contribution < -0.4 is 14.8 Å². The number of methoxy groups -OCH3 is 1. The van der Waals surface area contributed by atoms with E-state index in [4.69, 9.17) is 14.2 Å². The Morgan fingerprint density at radius 2 is 1.84 bits per heavy atom. The lowest BCUT2D eigenvalue weighted by Crippen LogP contribution is -2.29. The van der Waals surface area contributed by atoms with Crippen molar-refractivity contribution in [1.29, 1.82) is 0 Å². The van der Waals surface area contributed by atoms with E-state index >= 15 is 0 Å². The molecular weight excluding hydrogens is 390 g/mol. The molecule has 0 saturated heterocycles. The Hall–Kier alpha value is -2.54. The number of esters is 1. The van der Waals surface area contributed by atoms with Gasteiger partial charge in [-0.15, -0.1) is 0 Å². The minimum absolute atomic E-state index is 0.399. The van der Waals surface area contributed by atoms with Crippen LogP contribution in [0, 0.1) is 0 Å². The number of nitrogens with one attached hydrogen (secondary N) is 1. The first-order chi connectivity index (χ1) is 12.0. The van der Waals surface area contributed by atoms with Crippen molar-refractivity contribution in [2.75, 3.05) is 19.0 Å². The summed E-state index contributed by atoms with van der Waals surface area (Å²) in [6.45, 7) is 1.16. The van der Waals surface area contributed by atoms with Crippen molar-refractivity contribution in [2.45, 2.75) is 13.0 Å². The summed E-state index contributed by atoms with van der Waals surface area (Å²) < 4.78 is 16.4. The standard InChI is InChI=1S/C18H18BrNO5/c1-12(25-15-8-6-13(19)7-9-15)18(22)24-11-17(21)20-14-4-3-5-16(10-14)23-2/h3-10,12H,11H2,1-2H3,(H,20,21)/t12-/m1/s1. The Balaban J connectivity index is 1.79. The topological polar surface area (TPSA) is 73.9 Å². The quantitative estimate of drug-likeness (QED) is 0.711. The van der Waals surface area contributed by atoms with Crippen LogP contribution in [0.4, 0.5) is 5.69 Å². The zero-order valence-corrected chi connectivity index (χ0v) is 15.4. The summed E-state index contributed by atoms with van der Waals surface area (Å²) >= 11 is 3.32. The van der Waals surface area contributed by atoms with Crippen molar-refractivity contribution < 1.29 is 23.8 Å². The van der Waals surface area contributed by atoms with E-state index in [1.807, 2.05) is 0 Å². The van der Waals surface area contributed by atoms with Gasteiger partial charge in [0, 0.05) is 16.2 Å². The molecule has 132 valence electrons. The number of anilines is 1. The normalized spacial score (nSPS) is 11.3. The van der Waals surface area contributed by atoms with Gasteiger partial charge in [0.15, 0.2) is 12.7 Å². The molecule has 1 amide bonds. The molecule has 0 radical (unpaired) electrons. The summed E-state index contributed by atoms with van der Waals surface area (Å²) in [6, 6.07) is 13.9. The van der Waals surface area contributed by atoms with Gasteiger partial charge in [-0.05, 0) is 43.3 Å². The van der Waals surface area contributed by atoms with E-state index in [1.54, 1.807) is 55.5 Å². The molecule has 1 atom stereocenters. The highest BCUT2D eigenvalue weighted by molar-refractivity contribution is 9.10. The number of halogens is 1. The van der Waals surface area contributed by atoms with Gasteiger partial charge in [-0.3, -0.25) is 4.79 Å². The third-order valence-corrected chi connectivity index (χ3v) is 3.69. The van der Waals surface area contributed by atoms with E-state index in [0.29, 0.717) is 17.2 Å². The zero-order valence-electron chi connectivity index (χ0n) is 13.8. The van der Waals surface area contributed by atoms with Gasteiger partial charge in [-0.25, -0.2) is 4.79 Å². The number of amides is 1. The van der Waals surface area contributed by atoms with E-state index < -0.39 is 24.6 Å². The van der Waals surface area contributed by atoms with Crippen LogP contribution in [0.15, 0.2) is 53.0 Å². The molecule has 0 aliphatic heterocycles. The summed E-state index contributed by atoms with van der Waals surface area (Å²) in [4.78, 5) is 23.8. The highest BCUT2D eigenvalue weighted by atomic mass is 79.9. The molecule has 0 unspecified atom stereocenters. The first-order valence-corrected chi connectivity index (χ1v) is 8.30. The summed E-state index contributed by atoms with van der Waals surface area (Å²) in [6.07, 6.45) is -0.828. The molecule has 0 heterocycles. The fourth-order valence-corrected chi connectivity index (χ4v) is 2.18. The number of hydrogen-bond donors (Lipinski definition) is 1.